The third-order valence-corrected chi connectivity index (χ3v) is 3.62. The standard InChI is InChI=1S/C19H16N3/c20-22-21-19(17-9-5-2-6-10-17)18-13-11-16(12-14-18)15-7-3-1-4-8-15/h1-14,19-20H/q+1. The Balaban J connectivity index is 1.95. The van der Waals surface area contributed by atoms with Crippen molar-refractivity contribution in [1.29, 1.82) is 5.53 Å². The van der Waals surface area contributed by atoms with Crippen LogP contribution in [-0.4, -0.2) is 0 Å². The Morgan fingerprint density at radius 3 is 1.73 bits per heavy atom. The average molecular weight is 286 g/mol. The molecule has 0 aliphatic rings. The summed E-state index contributed by atoms with van der Waals surface area (Å²) in [7, 11) is 0. The van der Waals surface area contributed by atoms with Crippen LogP contribution >= 0.6 is 0 Å². The topological polar surface area (TPSA) is 50.3 Å². The van der Waals surface area contributed by atoms with Gasteiger partial charge < -0.3 is 0 Å². The maximum Gasteiger partial charge on any atom is 0.215 e. The Morgan fingerprint density at radius 2 is 1.14 bits per heavy atom. The fourth-order valence-corrected chi connectivity index (χ4v) is 2.51. The molecule has 3 aromatic carbocycles. The molecule has 1 unspecified atom stereocenters. The molecule has 0 aliphatic heterocycles. The second kappa shape index (κ2) is 6.61. The van der Waals surface area contributed by atoms with Crippen molar-refractivity contribution in [1.82, 2.24) is 4.91 Å². The van der Waals surface area contributed by atoms with E-state index < -0.39 is 0 Å². The van der Waals surface area contributed by atoms with E-state index in [0.717, 1.165) is 11.1 Å². The molecule has 3 heteroatoms. The SMILES string of the molecule is N=[N+]=NC(c1ccccc1)c1ccc(-c2ccccc2)cc1. The third-order valence-electron chi connectivity index (χ3n) is 3.62. The first-order valence-electron chi connectivity index (χ1n) is 7.15. The van der Waals surface area contributed by atoms with Crippen LogP contribution < -0.4 is 4.91 Å². The average Bonchev–Trinajstić information content (AvgIpc) is 2.61. The largest absolute Gasteiger partial charge is 0.215 e. The normalized spacial score (nSPS) is 11.5. The van der Waals surface area contributed by atoms with Crippen molar-refractivity contribution >= 4 is 0 Å². The minimum Gasteiger partial charge on any atom is -0.0622 e. The zero-order valence-corrected chi connectivity index (χ0v) is 12.1. The molecule has 22 heavy (non-hydrogen) atoms. The van der Waals surface area contributed by atoms with Gasteiger partial charge in [-0.15, -0.1) is 0 Å². The van der Waals surface area contributed by atoms with E-state index in [2.05, 4.69) is 46.4 Å². The van der Waals surface area contributed by atoms with Crippen molar-refractivity contribution in [3.05, 3.63) is 96.1 Å². The van der Waals surface area contributed by atoms with Gasteiger partial charge in [0.25, 0.3) is 0 Å². The number of hydrogen-bond acceptors (Lipinski definition) is 2. The lowest BCUT2D eigenvalue weighted by Crippen LogP contribution is -1.98. The molecule has 1 atom stereocenters. The van der Waals surface area contributed by atoms with Gasteiger partial charge in [0.15, 0.2) is 6.04 Å². The summed E-state index contributed by atoms with van der Waals surface area (Å²) in [5, 5.41) is 4.06. The van der Waals surface area contributed by atoms with E-state index in [9.17, 15) is 0 Å². The minimum absolute atomic E-state index is 0.233. The first-order valence-corrected chi connectivity index (χ1v) is 7.15. The zero-order valence-electron chi connectivity index (χ0n) is 12.1. The Hall–Kier alpha value is -3.03. The second-order valence-corrected chi connectivity index (χ2v) is 5.02. The van der Waals surface area contributed by atoms with E-state index in [0.29, 0.717) is 0 Å². The lowest BCUT2D eigenvalue weighted by molar-refractivity contribution is 0.756. The lowest BCUT2D eigenvalue weighted by Gasteiger charge is -2.08. The van der Waals surface area contributed by atoms with E-state index in [1.807, 2.05) is 48.5 Å². The zero-order chi connectivity index (χ0) is 15.2. The fourth-order valence-electron chi connectivity index (χ4n) is 2.51. The number of rotatable bonds is 4. The summed E-state index contributed by atoms with van der Waals surface area (Å²) < 4.78 is 0. The molecule has 0 amide bonds. The summed E-state index contributed by atoms with van der Waals surface area (Å²) in [4.78, 5) is 3.24. The van der Waals surface area contributed by atoms with E-state index in [1.54, 1.807) is 0 Å². The number of hydrogen-bond donors (Lipinski definition) is 1. The summed E-state index contributed by atoms with van der Waals surface area (Å²) in [5.74, 6) is 0. The lowest BCUT2D eigenvalue weighted by atomic mass is 9.97. The molecular formula is C19H16N3+. The van der Waals surface area contributed by atoms with Gasteiger partial charge >= 0.3 is 0 Å². The highest BCUT2D eigenvalue weighted by atomic mass is 15.1. The molecule has 0 saturated carbocycles. The van der Waals surface area contributed by atoms with Gasteiger partial charge in [-0.3, -0.25) is 0 Å². The number of benzene rings is 3. The molecule has 0 radical (unpaired) electrons. The molecule has 0 aromatic heterocycles. The first-order chi connectivity index (χ1) is 10.9. The predicted octanol–water partition coefficient (Wildman–Crippen LogP) is 4.99. The Kier molecular flexibility index (Phi) is 4.19. The second-order valence-electron chi connectivity index (χ2n) is 5.02. The van der Waals surface area contributed by atoms with Crippen LogP contribution in [0.2, 0.25) is 0 Å². The van der Waals surface area contributed by atoms with Gasteiger partial charge in [0, 0.05) is 0 Å². The molecule has 106 valence electrons. The maximum atomic E-state index is 7.07. The summed E-state index contributed by atoms with van der Waals surface area (Å²) in [6.45, 7) is 0. The number of nitrogens with zero attached hydrogens (tertiary/aromatic N) is 2. The fraction of sp³-hybridized carbons (Fsp3) is 0.0526. The van der Waals surface area contributed by atoms with Gasteiger partial charge in [-0.2, -0.15) is 0 Å². The smallest absolute Gasteiger partial charge is 0.0622 e. The summed E-state index contributed by atoms with van der Waals surface area (Å²) in [6.07, 6.45) is 0. The van der Waals surface area contributed by atoms with Crippen molar-refractivity contribution < 1.29 is 0 Å². The van der Waals surface area contributed by atoms with Gasteiger partial charge in [0.2, 0.25) is 4.91 Å². The van der Waals surface area contributed by atoms with Crippen LogP contribution in [0.3, 0.4) is 0 Å². The van der Waals surface area contributed by atoms with Crippen molar-refractivity contribution in [3.63, 3.8) is 0 Å². The van der Waals surface area contributed by atoms with Crippen LogP contribution in [0.5, 0.6) is 0 Å². The monoisotopic (exact) mass is 286 g/mol. The summed E-state index contributed by atoms with van der Waals surface area (Å²) in [6, 6.07) is 28.2. The van der Waals surface area contributed by atoms with Crippen LogP contribution in [0.1, 0.15) is 17.2 Å². The molecule has 3 aromatic rings. The number of nitrogens with one attached hydrogen (secondary N) is 1. The van der Waals surface area contributed by atoms with Crippen LogP contribution in [0, 0.1) is 5.53 Å². The van der Waals surface area contributed by atoms with Crippen LogP contribution in [0.4, 0.5) is 0 Å². The summed E-state index contributed by atoms with van der Waals surface area (Å²) in [5.41, 5.74) is 11.5. The molecule has 0 aliphatic carbocycles. The minimum atomic E-state index is -0.233. The van der Waals surface area contributed by atoms with E-state index in [-0.39, 0.29) is 6.04 Å². The molecule has 0 bridgehead atoms. The predicted molar refractivity (Wildman–Crippen MR) is 87.4 cm³/mol. The van der Waals surface area contributed by atoms with Gasteiger partial charge in [0.05, 0.1) is 0 Å². The first kappa shape index (κ1) is 13.9. The van der Waals surface area contributed by atoms with Crippen LogP contribution in [0.25, 0.3) is 11.1 Å². The molecule has 1 N–H and O–H groups in total. The van der Waals surface area contributed by atoms with Gasteiger partial charge in [-0.05, 0) is 22.3 Å². The van der Waals surface area contributed by atoms with Crippen molar-refractivity contribution in [2.75, 3.05) is 0 Å². The van der Waals surface area contributed by atoms with Gasteiger partial charge in [0.1, 0.15) is 10.6 Å². The molecule has 3 rings (SSSR count). The molecule has 0 heterocycles. The molecule has 3 nitrogen and oxygen atoms in total. The van der Waals surface area contributed by atoms with Crippen molar-refractivity contribution in [2.24, 2.45) is 5.11 Å². The van der Waals surface area contributed by atoms with E-state index in [4.69, 9.17) is 5.53 Å². The Bertz CT molecular complexity index is 774. The molecule has 0 saturated heterocycles. The van der Waals surface area contributed by atoms with Crippen molar-refractivity contribution in [2.45, 2.75) is 6.04 Å². The van der Waals surface area contributed by atoms with Gasteiger partial charge in [-0.25, -0.2) is 0 Å². The van der Waals surface area contributed by atoms with Gasteiger partial charge in [-0.1, -0.05) is 84.9 Å². The van der Waals surface area contributed by atoms with E-state index in [1.165, 1.54) is 11.1 Å². The highest BCUT2D eigenvalue weighted by molar-refractivity contribution is 5.63. The molecule has 0 spiro atoms. The quantitative estimate of drug-likeness (QED) is 0.518. The highest BCUT2D eigenvalue weighted by Gasteiger charge is 2.17. The summed E-state index contributed by atoms with van der Waals surface area (Å²) >= 11 is 0. The molecular weight excluding hydrogens is 270 g/mol. The third kappa shape index (κ3) is 3.00. The Morgan fingerprint density at radius 1 is 0.636 bits per heavy atom. The maximum absolute atomic E-state index is 7.07. The van der Waals surface area contributed by atoms with Crippen LogP contribution in [0.15, 0.2) is 90.0 Å². The van der Waals surface area contributed by atoms with Crippen LogP contribution in [-0.2, 0) is 0 Å². The highest BCUT2D eigenvalue weighted by Crippen LogP contribution is 2.28. The molecule has 0 fully saturated rings. The van der Waals surface area contributed by atoms with E-state index >= 15 is 0 Å². The Labute approximate surface area is 129 Å². The van der Waals surface area contributed by atoms with Crippen molar-refractivity contribution in [3.8, 4) is 11.1 Å².